The van der Waals surface area contributed by atoms with E-state index in [0.29, 0.717) is 31.5 Å². The van der Waals surface area contributed by atoms with Gasteiger partial charge in [0.1, 0.15) is 0 Å². The average molecular weight is 488 g/mol. The molecule has 0 saturated carbocycles. The summed E-state index contributed by atoms with van der Waals surface area (Å²) in [5, 5.41) is 4.11. The van der Waals surface area contributed by atoms with E-state index < -0.39 is 0 Å². The van der Waals surface area contributed by atoms with Gasteiger partial charge >= 0.3 is 0 Å². The third kappa shape index (κ3) is 5.03. The van der Waals surface area contributed by atoms with Crippen molar-refractivity contribution < 1.29 is 9.59 Å². The highest BCUT2D eigenvalue weighted by Gasteiger charge is 2.27. The number of amides is 2. The standard InChI is InChI=1S/C29H37N5O2/c1-18(2)28-24-15-22(5-6-25(24)32-29(28)23-13-19(3)31-20(4)14-23)21-7-10-34(11-8-21)27(36)17-33-12-9-30-26(35)16-33/h5-6,13-15,18,21,32H,7-12,16-17H2,1-4H3,(H,30,35). The lowest BCUT2D eigenvalue weighted by Crippen LogP contribution is -2.51. The lowest BCUT2D eigenvalue weighted by atomic mass is 9.87. The van der Waals surface area contributed by atoms with E-state index in [9.17, 15) is 9.59 Å². The minimum Gasteiger partial charge on any atom is -0.354 e. The normalized spacial score (nSPS) is 17.7. The molecule has 1 aromatic carbocycles. The maximum Gasteiger partial charge on any atom is 0.236 e. The third-order valence-electron chi connectivity index (χ3n) is 7.61. The van der Waals surface area contributed by atoms with Crippen molar-refractivity contribution in [1.29, 1.82) is 0 Å². The highest BCUT2D eigenvalue weighted by molar-refractivity contribution is 5.92. The quantitative estimate of drug-likeness (QED) is 0.568. The van der Waals surface area contributed by atoms with Crippen molar-refractivity contribution in [1.82, 2.24) is 25.1 Å². The molecule has 2 aliphatic heterocycles. The van der Waals surface area contributed by atoms with Crippen LogP contribution in [0.1, 0.15) is 61.0 Å². The third-order valence-corrected chi connectivity index (χ3v) is 7.61. The summed E-state index contributed by atoms with van der Waals surface area (Å²) in [5.74, 6) is 0.974. The Labute approximate surface area is 213 Å². The summed E-state index contributed by atoms with van der Waals surface area (Å²) in [5.41, 5.74) is 8.33. The molecule has 3 aromatic rings. The molecular weight excluding hydrogens is 450 g/mol. The number of nitrogens with zero attached hydrogens (tertiary/aromatic N) is 3. The number of carbonyl (C=O) groups excluding carboxylic acids is 2. The van der Waals surface area contributed by atoms with Gasteiger partial charge in [-0.1, -0.05) is 19.9 Å². The highest BCUT2D eigenvalue weighted by Crippen LogP contribution is 2.38. The van der Waals surface area contributed by atoms with E-state index in [1.54, 1.807) is 0 Å². The van der Waals surface area contributed by atoms with Crippen LogP contribution in [0.4, 0.5) is 0 Å². The Bertz CT molecular complexity index is 1270. The number of aromatic nitrogens is 2. The van der Waals surface area contributed by atoms with Crippen molar-refractivity contribution >= 4 is 22.7 Å². The lowest BCUT2D eigenvalue weighted by Gasteiger charge is -2.34. The Hall–Kier alpha value is -3.19. The molecule has 0 atom stereocenters. The number of benzene rings is 1. The summed E-state index contributed by atoms with van der Waals surface area (Å²) in [6, 6.07) is 11.2. The maximum absolute atomic E-state index is 12.8. The first-order valence-corrected chi connectivity index (χ1v) is 13.2. The molecule has 0 unspecified atom stereocenters. The topological polar surface area (TPSA) is 81.3 Å². The van der Waals surface area contributed by atoms with Crippen LogP contribution in [0.3, 0.4) is 0 Å². The highest BCUT2D eigenvalue weighted by atomic mass is 16.2. The van der Waals surface area contributed by atoms with Crippen LogP contribution in [-0.4, -0.2) is 70.9 Å². The molecule has 7 heteroatoms. The van der Waals surface area contributed by atoms with Gasteiger partial charge in [-0.15, -0.1) is 0 Å². The number of pyridine rings is 1. The molecular formula is C29H37N5O2. The Morgan fingerprint density at radius 1 is 1.08 bits per heavy atom. The van der Waals surface area contributed by atoms with Crippen molar-refractivity contribution in [2.45, 2.75) is 52.4 Å². The molecule has 2 aromatic heterocycles. The van der Waals surface area contributed by atoms with Crippen LogP contribution in [0.15, 0.2) is 30.3 Å². The molecule has 0 spiro atoms. The van der Waals surface area contributed by atoms with Crippen LogP contribution < -0.4 is 5.32 Å². The molecule has 2 saturated heterocycles. The second-order valence-electron chi connectivity index (χ2n) is 10.7. The number of aryl methyl sites for hydroxylation is 2. The molecule has 0 radical (unpaired) electrons. The number of rotatable bonds is 5. The summed E-state index contributed by atoms with van der Waals surface area (Å²) in [6.07, 6.45) is 1.93. The first-order valence-electron chi connectivity index (χ1n) is 13.2. The van der Waals surface area contributed by atoms with Gasteiger partial charge in [0, 0.05) is 54.0 Å². The molecule has 7 nitrogen and oxygen atoms in total. The Kier molecular flexibility index (Phi) is 6.84. The first kappa shape index (κ1) is 24.5. The zero-order chi connectivity index (χ0) is 25.4. The smallest absolute Gasteiger partial charge is 0.236 e. The summed E-state index contributed by atoms with van der Waals surface area (Å²) in [6.45, 7) is 12.2. The predicted octanol–water partition coefficient (Wildman–Crippen LogP) is 4.11. The molecule has 2 fully saturated rings. The zero-order valence-electron chi connectivity index (χ0n) is 21.9. The molecule has 0 bridgehead atoms. The number of H-pyrrole nitrogens is 1. The number of aromatic amines is 1. The number of nitrogens with one attached hydrogen (secondary N) is 2. The molecule has 2 N–H and O–H groups in total. The fraction of sp³-hybridized carbons (Fsp3) is 0.483. The van der Waals surface area contributed by atoms with E-state index in [-0.39, 0.29) is 11.8 Å². The van der Waals surface area contributed by atoms with Crippen LogP contribution in [0.5, 0.6) is 0 Å². The van der Waals surface area contributed by atoms with E-state index in [0.717, 1.165) is 43.9 Å². The van der Waals surface area contributed by atoms with Gasteiger partial charge in [0.15, 0.2) is 0 Å². The Balaban J connectivity index is 1.33. The number of hydrogen-bond donors (Lipinski definition) is 2. The van der Waals surface area contributed by atoms with E-state index >= 15 is 0 Å². The van der Waals surface area contributed by atoms with Crippen molar-refractivity contribution in [2.75, 3.05) is 39.3 Å². The van der Waals surface area contributed by atoms with Crippen LogP contribution in [0.2, 0.25) is 0 Å². The zero-order valence-corrected chi connectivity index (χ0v) is 21.9. The molecule has 2 amide bonds. The predicted molar refractivity (Wildman–Crippen MR) is 143 cm³/mol. The number of carbonyl (C=O) groups is 2. The molecule has 36 heavy (non-hydrogen) atoms. The van der Waals surface area contributed by atoms with E-state index in [1.165, 1.54) is 33.3 Å². The van der Waals surface area contributed by atoms with Gasteiger partial charge in [0.2, 0.25) is 11.8 Å². The van der Waals surface area contributed by atoms with E-state index in [1.807, 2.05) is 23.6 Å². The van der Waals surface area contributed by atoms with E-state index in [2.05, 4.69) is 59.5 Å². The number of fused-ring (bicyclic) bond motifs is 1. The Morgan fingerprint density at radius 3 is 2.47 bits per heavy atom. The molecule has 0 aliphatic carbocycles. The number of piperidine rings is 1. The lowest BCUT2D eigenvalue weighted by molar-refractivity contribution is -0.134. The maximum atomic E-state index is 12.8. The molecule has 2 aliphatic rings. The summed E-state index contributed by atoms with van der Waals surface area (Å²) >= 11 is 0. The first-order chi connectivity index (χ1) is 17.3. The van der Waals surface area contributed by atoms with Gasteiger partial charge in [0.05, 0.1) is 18.8 Å². The summed E-state index contributed by atoms with van der Waals surface area (Å²) in [7, 11) is 0. The SMILES string of the molecule is Cc1cc(-c2[nH]c3ccc(C4CCN(C(=O)CN5CCNC(=O)C5)CC4)cc3c2C(C)C)cc(C)n1. The van der Waals surface area contributed by atoms with Crippen molar-refractivity contribution in [2.24, 2.45) is 0 Å². The van der Waals surface area contributed by atoms with Gasteiger partial charge in [0.25, 0.3) is 0 Å². The second-order valence-corrected chi connectivity index (χ2v) is 10.7. The van der Waals surface area contributed by atoms with Crippen molar-refractivity contribution in [3.05, 3.63) is 52.8 Å². The largest absolute Gasteiger partial charge is 0.354 e. The number of piperazine rings is 1. The van der Waals surface area contributed by atoms with Gasteiger partial charge in [-0.05, 0) is 73.9 Å². The van der Waals surface area contributed by atoms with Crippen LogP contribution in [0.25, 0.3) is 22.2 Å². The fourth-order valence-electron chi connectivity index (χ4n) is 5.87. The average Bonchev–Trinajstić information content (AvgIpc) is 3.23. The second kappa shape index (κ2) is 10.1. The van der Waals surface area contributed by atoms with Gasteiger partial charge < -0.3 is 15.2 Å². The number of likely N-dealkylation sites (tertiary alicyclic amines) is 1. The van der Waals surface area contributed by atoms with Crippen LogP contribution >= 0.6 is 0 Å². The monoisotopic (exact) mass is 487 g/mol. The van der Waals surface area contributed by atoms with Crippen molar-refractivity contribution in [3.63, 3.8) is 0 Å². The molecule has 4 heterocycles. The van der Waals surface area contributed by atoms with E-state index in [4.69, 9.17) is 0 Å². The molecule has 190 valence electrons. The van der Waals surface area contributed by atoms with Crippen LogP contribution in [0, 0.1) is 13.8 Å². The van der Waals surface area contributed by atoms with Gasteiger partial charge in [-0.25, -0.2) is 0 Å². The minimum absolute atomic E-state index is 0.00558. The summed E-state index contributed by atoms with van der Waals surface area (Å²) in [4.78, 5) is 36.6. The van der Waals surface area contributed by atoms with Crippen molar-refractivity contribution in [3.8, 4) is 11.3 Å². The minimum atomic E-state index is 0.00558. The van der Waals surface area contributed by atoms with Crippen LogP contribution in [-0.2, 0) is 9.59 Å². The Morgan fingerprint density at radius 2 is 1.81 bits per heavy atom. The number of hydrogen-bond acceptors (Lipinski definition) is 4. The summed E-state index contributed by atoms with van der Waals surface area (Å²) < 4.78 is 0. The van der Waals surface area contributed by atoms with Gasteiger partial charge in [-0.2, -0.15) is 0 Å². The molecule has 5 rings (SSSR count). The fourth-order valence-corrected chi connectivity index (χ4v) is 5.87. The van der Waals surface area contributed by atoms with Gasteiger partial charge in [-0.3, -0.25) is 19.5 Å².